The van der Waals surface area contributed by atoms with Gasteiger partial charge in [0.15, 0.2) is 0 Å². The Bertz CT molecular complexity index is 829. The van der Waals surface area contributed by atoms with E-state index in [1.54, 1.807) is 29.6 Å². The van der Waals surface area contributed by atoms with Crippen LogP contribution in [-0.4, -0.2) is 38.5 Å². The van der Waals surface area contributed by atoms with E-state index in [9.17, 15) is 4.79 Å². The zero-order chi connectivity index (χ0) is 17.1. The van der Waals surface area contributed by atoms with Crippen LogP contribution in [0.1, 0.15) is 16.2 Å². The van der Waals surface area contributed by atoms with Crippen molar-refractivity contribution in [3.8, 4) is 5.75 Å². The van der Waals surface area contributed by atoms with E-state index in [1.807, 2.05) is 18.3 Å². The van der Waals surface area contributed by atoms with Gasteiger partial charge in [-0.15, -0.1) is 0 Å². The van der Waals surface area contributed by atoms with E-state index >= 15 is 0 Å². The molecule has 1 aliphatic heterocycles. The highest BCUT2D eigenvalue weighted by Crippen LogP contribution is 2.19. The first kappa shape index (κ1) is 15.4. The van der Waals surface area contributed by atoms with Crippen molar-refractivity contribution in [2.24, 2.45) is 5.92 Å². The molecule has 7 nitrogen and oxygen atoms in total. The van der Waals surface area contributed by atoms with E-state index in [-0.39, 0.29) is 11.8 Å². The lowest BCUT2D eigenvalue weighted by molar-refractivity contribution is 0.0699. The van der Waals surface area contributed by atoms with Gasteiger partial charge in [-0.25, -0.2) is 4.98 Å². The third-order valence-corrected chi connectivity index (χ3v) is 4.24. The van der Waals surface area contributed by atoms with Gasteiger partial charge in [0.05, 0.1) is 31.2 Å². The average molecular weight is 338 g/mol. The lowest BCUT2D eigenvalue weighted by Gasteiger charge is -2.23. The number of carbonyl (C=O) groups is 1. The van der Waals surface area contributed by atoms with Crippen LogP contribution in [0.2, 0.25) is 0 Å². The monoisotopic (exact) mass is 338 g/mol. The third-order valence-electron chi connectivity index (χ3n) is 4.24. The van der Waals surface area contributed by atoms with Gasteiger partial charge in [-0.05, 0) is 18.2 Å². The lowest BCUT2D eigenvalue weighted by Crippen LogP contribution is -2.35. The van der Waals surface area contributed by atoms with Crippen LogP contribution in [0.5, 0.6) is 5.75 Å². The topological polar surface area (TPSA) is 73.4 Å². The molecule has 0 saturated heterocycles. The molecule has 0 saturated carbocycles. The summed E-state index contributed by atoms with van der Waals surface area (Å²) in [6.07, 6.45) is 10.1. The Morgan fingerprint density at radius 3 is 3.08 bits per heavy atom. The number of hydrogen-bond donors (Lipinski definition) is 0. The van der Waals surface area contributed by atoms with Crippen molar-refractivity contribution >= 4 is 5.91 Å². The first-order valence-electron chi connectivity index (χ1n) is 8.14. The molecule has 128 valence electrons. The molecule has 25 heavy (non-hydrogen) atoms. The highest BCUT2D eigenvalue weighted by Gasteiger charge is 2.27. The van der Waals surface area contributed by atoms with Crippen LogP contribution in [0.25, 0.3) is 0 Å². The number of imidazole rings is 1. The van der Waals surface area contributed by atoms with Crippen molar-refractivity contribution in [1.29, 1.82) is 0 Å². The fraction of sp³-hybridized carbons (Fsp3) is 0.278. The number of fused-ring (bicyclic) bond motifs is 1. The van der Waals surface area contributed by atoms with Crippen molar-refractivity contribution in [3.63, 3.8) is 0 Å². The molecule has 0 aliphatic carbocycles. The molecule has 0 aromatic carbocycles. The molecule has 3 aromatic heterocycles. The van der Waals surface area contributed by atoms with Crippen molar-refractivity contribution in [2.45, 2.75) is 13.1 Å². The first-order chi connectivity index (χ1) is 12.3. The maximum atomic E-state index is 12.7. The number of ether oxygens (including phenoxy) is 1. The summed E-state index contributed by atoms with van der Waals surface area (Å²) in [5, 5.41) is 0. The minimum absolute atomic E-state index is 0.0587. The van der Waals surface area contributed by atoms with E-state index in [4.69, 9.17) is 9.15 Å². The van der Waals surface area contributed by atoms with Gasteiger partial charge in [-0.2, -0.15) is 0 Å². The summed E-state index contributed by atoms with van der Waals surface area (Å²) in [7, 11) is 0. The van der Waals surface area contributed by atoms with E-state index in [2.05, 4.69) is 14.5 Å². The number of carbonyl (C=O) groups excluding carboxylic acids is 1. The molecular weight excluding hydrogens is 320 g/mol. The van der Waals surface area contributed by atoms with E-state index in [0.29, 0.717) is 25.3 Å². The summed E-state index contributed by atoms with van der Waals surface area (Å²) in [5.74, 6) is 1.69. The minimum Gasteiger partial charge on any atom is -0.492 e. The first-order valence-corrected chi connectivity index (χ1v) is 8.14. The van der Waals surface area contributed by atoms with Gasteiger partial charge in [0, 0.05) is 37.6 Å². The number of amides is 1. The second-order valence-corrected chi connectivity index (χ2v) is 6.06. The smallest absolute Gasteiger partial charge is 0.257 e. The normalized spacial score (nSPS) is 17.0. The second-order valence-electron chi connectivity index (χ2n) is 6.06. The standard InChI is InChI=1S/C18H18N4O3/c23-18(15-3-7-24-13-15)22-10-14(9-21-6-5-20-17(21)11-22)12-25-16-2-1-4-19-8-16/h1-8,13-14H,9-12H2. The number of rotatable bonds is 4. The molecule has 0 radical (unpaired) electrons. The molecule has 0 fully saturated rings. The highest BCUT2D eigenvalue weighted by atomic mass is 16.5. The van der Waals surface area contributed by atoms with Gasteiger partial charge in [-0.3, -0.25) is 9.78 Å². The molecule has 0 N–H and O–H groups in total. The summed E-state index contributed by atoms with van der Waals surface area (Å²) in [5.41, 5.74) is 0.548. The van der Waals surface area contributed by atoms with Crippen LogP contribution in [-0.2, 0) is 13.1 Å². The summed E-state index contributed by atoms with van der Waals surface area (Å²) in [4.78, 5) is 23.0. The average Bonchev–Trinajstić information content (AvgIpc) is 3.29. The minimum atomic E-state index is -0.0587. The van der Waals surface area contributed by atoms with Crippen LogP contribution < -0.4 is 4.74 Å². The Morgan fingerprint density at radius 2 is 2.28 bits per heavy atom. The van der Waals surface area contributed by atoms with E-state index in [1.165, 1.54) is 12.5 Å². The molecule has 1 atom stereocenters. The second kappa shape index (κ2) is 6.80. The van der Waals surface area contributed by atoms with E-state index in [0.717, 1.165) is 18.1 Å². The zero-order valence-corrected chi connectivity index (χ0v) is 13.6. The summed E-state index contributed by atoms with van der Waals surface area (Å²) in [6, 6.07) is 5.40. The maximum absolute atomic E-state index is 12.7. The Morgan fingerprint density at radius 1 is 1.32 bits per heavy atom. The number of nitrogens with zero attached hydrogens (tertiary/aromatic N) is 4. The molecular formula is C18H18N4O3. The van der Waals surface area contributed by atoms with Gasteiger partial charge in [0.1, 0.15) is 17.8 Å². The predicted octanol–water partition coefficient (Wildman–Crippen LogP) is 2.22. The van der Waals surface area contributed by atoms with Crippen molar-refractivity contribution < 1.29 is 13.9 Å². The summed E-state index contributed by atoms with van der Waals surface area (Å²) >= 11 is 0. The van der Waals surface area contributed by atoms with Gasteiger partial charge < -0.3 is 18.6 Å². The Balaban J connectivity index is 1.52. The van der Waals surface area contributed by atoms with Crippen LogP contribution >= 0.6 is 0 Å². The van der Waals surface area contributed by atoms with Gasteiger partial charge in [-0.1, -0.05) is 0 Å². The van der Waals surface area contributed by atoms with Crippen molar-refractivity contribution in [3.05, 3.63) is 66.9 Å². The Labute approximate surface area is 144 Å². The highest BCUT2D eigenvalue weighted by molar-refractivity contribution is 5.93. The fourth-order valence-electron chi connectivity index (χ4n) is 3.02. The molecule has 7 heteroatoms. The third kappa shape index (κ3) is 3.40. The van der Waals surface area contributed by atoms with Gasteiger partial charge in [0.25, 0.3) is 5.91 Å². The summed E-state index contributed by atoms with van der Waals surface area (Å²) < 4.78 is 13.0. The molecule has 4 rings (SSSR count). The van der Waals surface area contributed by atoms with Gasteiger partial charge in [0.2, 0.25) is 0 Å². The quantitative estimate of drug-likeness (QED) is 0.729. The number of aromatic nitrogens is 3. The SMILES string of the molecule is O=C(c1ccoc1)N1Cc2nccn2CC(COc2cccnc2)C1. The van der Waals surface area contributed by atoms with Crippen molar-refractivity contribution in [1.82, 2.24) is 19.4 Å². The largest absolute Gasteiger partial charge is 0.492 e. The molecule has 3 aromatic rings. The van der Waals surface area contributed by atoms with Crippen LogP contribution in [0.15, 0.2) is 59.9 Å². The fourth-order valence-corrected chi connectivity index (χ4v) is 3.02. The number of pyridine rings is 1. The van der Waals surface area contributed by atoms with Crippen molar-refractivity contribution in [2.75, 3.05) is 13.2 Å². The molecule has 1 unspecified atom stereocenters. The summed E-state index contributed by atoms with van der Waals surface area (Å²) in [6.45, 7) is 2.32. The Kier molecular flexibility index (Phi) is 4.20. The molecule has 4 heterocycles. The zero-order valence-electron chi connectivity index (χ0n) is 13.6. The number of hydrogen-bond acceptors (Lipinski definition) is 5. The molecule has 1 amide bonds. The maximum Gasteiger partial charge on any atom is 0.257 e. The van der Waals surface area contributed by atoms with Gasteiger partial charge >= 0.3 is 0 Å². The molecule has 1 aliphatic rings. The van der Waals surface area contributed by atoms with Crippen LogP contribution in [0.3, 0.4) is 0 Å². The molecule has 0 spiro atoms. The lowest BCUT2D eigenvalue weighted by atomic mass is 10.1. The van der Waals surface area contributed by atoms with Crippen LogP contribution in [0, 0.1) is 5.92 Å². The van der Waals surface area contributed by atoms with Crippen LogP contribution in [0.4, 0.5) is 0 Å². The van der Waals surface area contributed by atoms with E-state index < -0.39 is 0 Å². The molecule has 0 bridgehead atoms. The Hall–Kier alpha value is -3.09. The number of furan rings is 1. The predicted molar refractivity (Wildman–Crippen MR) is 88.9 cm³/mol.